The number of nitrogens with zero attached hydrogens (tertiary/aromatic N) is 1. The Morgan fingerprint density at radius 1 is 1.26 bits per heavy atom. The topological polar surface area (TPSA) is 90.2 Å². The highest BCUT2D eigenvalue weighted by atomic mass is 35.5. The second kappa shape index (κ2) is 10.6. The Bertz CT molecular complexity index is 1120. The number of hydrogen-bond acceptors (Lipinski definition) is 5. The molecule has 0 saturated heterocycles. The van der Waals surface area contributed by atoms with Gasteiger partial charge in [-0.15, -0.1) is 11.3 Å². The van der Waals surface area contributed by atoms with Gasteiger partial charge in [0.15, 0.2) is 8.32 Å². The number of imidazole rings is 1. The van der Waals surface area contributed by atoms with E-state index in [1.54, 1.807) is 0 Å². The van der Waals surface area contributed by atoms with Gasteiger partial charge in [-0.1, -0.05) is 44.5 Å². The first-order valence-corrected chi connectivity index (χ1v) is 15.5. The van der Waals surface area contributed by atoms with Crippen LogP contribution in [0.15, 0.2) is 42.6 Å². The maximum atomic E-state index is 11.6. The van der Waals surface area contributed by atoms with Gasteiger partial charge in [-0.3, -0.25) is 4.79 Å². The van der Waals surface area contributed by atoms with Crippen LogP contribution in [-0.2, 0) is 4.43 Å². The number of primary amides is 1. The lowest BCUT2D eigenvalue weighted by Crippen LogP contribution is -2.44. The van der Waals surface area contributed by atoms with Crippen molar-refractivity contribution < 1.29 is 14.0 Å². The Morgan fingerprint density at radius 3 is 2.59 bits per heavy atom. The van der Waals surface area contributed by atoms with Crippen LogP contribution in [0.2, 0.25) is 22.5 Å². The molecule has 0 aliphatic rings. The van der Waals surface area contributed by atoms with E-state index in [0.29, 0.717) is 24.5 Å². The Labute approximate surface area is 212 Å². The standard InChI is InChI=1S/C25H34ClN3O3SSi/c1-16(32-34(5,6)25(2,3)4)19(24-28-15-20(29-24)23(27)30)12-13-31-18-9-7-8-17(14-18)21-10-11-22(26)33-21/h7-11,14-16,19H,12-13H2,1-6H3,(H2,27,30)(H,28,29)/t16-,19-/m0/s1. The number of amides is 1. The average Bonchev–Trinajstić information content (AvgIpc) is 3.40. The molecule has 0 radical (unpaired) electrons. The number of carbonyl (C=O) groups excluding carboxylic acids is 1. The second-order valence-corrected chi connectivity index (χ2v) is 16.5. The molecule has 34 heavy (non-hydrogen) atoms. The molecule has 6 nitrogen and oxygen atoms in total. The molecule has 0 unspecified atom stereocenters. The summed E-state index contributed by atoms with van der Waals surface area (Å²) in [4.78, 5) is 20.2. The van der Waals surface area contributed by atoms with Crippen LogP contribution in [0.1, 0.15) is 56.3 Å². The normalized spacial score (nSPS) is 14.1. The van der Waals surface area contributed by atoms with Crippen molar-refractivity contribution in [3.05, 3.63) is 58.4 Å². The lowest BCUT2D eigenvalue weighted by Gasteiger charge is -2.40. The van der Waals surface area contributed by atoms with E-state index in [1.807, 2.05) is 36.4 Å². The van der Waals surface area contributed by atoms with Crippen LogP contribution in [0.3, 0.4) is 0 Å². The maximum Gasteiger partial charge on any atom is 0.266 e. The quantitative estimate of drug-likeness (QED) is 0.286. The molecule has 0 aliphatic carbocycles. The van der Waals surface area contributed by atoms with Gasteiger partial charge in [-0.05, 0) is 61.3 Å². The summed E-state index contributed by atoms with van der Waals surface area (Å²) in [6, 6.07) is 11.9. The molecule has 3 rings (SSSR count). The number of H-pyrrole nitrogens is 1. The van der Waals surface area contributed by atoms with Gasteiger partial charge in [0.2, 0.25) is 0 Å². The van der Waals surface area contributed by atoms with Crippen LogP contribution in [-0.4, -0.2) is 36.9 Å². The number of ether oxygens (including phenoxy) is 1. The van der Waals surface area contributed by atoms with Crippen molar-refractivity contribution in [3.63, 3.8) is 0 Å². The summed E-state index contributed by atoms with van der Waals surface area (Å²) >= 11 is 7.63. The van der Waals surface area contributed by atoms with Gasteiger partial charge in [0.25, 0.3) is 5.91 Å². The summed E-state index contributed by atoms with van der Waals surface area (Å²) in [5.74, 6) is 0.861. The molecule has 0 bridgehead atoms. The number of aromatic nitrogens is 2. The molecular weight excluding hydrogens is 486 g/mol. The van der Waals surface area contributed by atoms with E-state index in [2.05, 4.69) is 50.8 Å². The highest BCUT2D eigenvalue weighted by molar-refractivity contribution is 7.19. The molecule has 9 heteroatoms. The molecule has 3 aromatic rings. The smallest absolute Gasteiger partial charge is 0.266 e. The van der Waals surface area contributed by atoms with Gasteiger partial charge in [0.1, 0.15) is 17.3 Å². The fourth-order valence-electron chi connectivity index (χ4n) is 3.48. The second-order valence-electron chi connectivity index (χ2n) is 10.0. The minimum absolute atomic E-state index is 0.0784. The van der Waals surface area contributed by atoms with Gasteiger partial charge in [0, 0.05) is 10.8 Å². The average molecular weight is 520 g/mol. The molecule has 0 saturated carbocycles. The Balaban J connectivity index is 1.74. The minimum atomic E-state index is -2.01. The molecule has 2 heterocycles. The Hall–Kier alpha value is -2.13. The molecule has 0 aliphatic heterocycles. The number of benzene rings is 1. The van der Waals surface area contributed by atoms with Gasteiger partial charge >= 0.3 is 0 Å². The number of aromatic amines is 1. The summed E-state index contributed by atoms with van der Waals surface area (Å²) in [6.45, 7) is 13.7. The number of carbonyl (C=O) groups is 1. The van der Waals surface area contributed by atoms with Crippen LogP contribution in [0, 0.1) is 0 Å². The van der Waals surface area contributed by atoms with Crippen molar-refractivity contribution in [2.45, 2.75) is 64.3 Å². The van der Waals surface area contributed by atoms with Crippen molar-refractivity contribution in [1.82, 2.24) is 9.97 Å². The number of halogens is 1. The number of rotatable bonds is 10. The highest BCUT2D eigenvalue weighted by Gasteiger charge is 2.40. The van der Waals surface area contributed by atoms with Gasteiger partial charge in [0.05, 0.1) is 23.2 Å². The monoisotopic (exact) mass is 519 g/mol. The zero-order valence-electron chi connectivity index (χ0n) is 20.6. The van der Waals surface area contributed by atoms with Crippen LogP contribution in [0.25, 0.3) is 10.4 Å². The summed E-state index contributed by atoms with van der Waals surface area (Å²) in [7, 11) is -2.01. The third-order valence-electron chi connectivity index (χ3n) is 6.45. The molecule has 2 atom stereocenters. The Kier molecular flexibility index (Phi) is 8.29. The molecule has 1 aromatic carbocycles. The van der Waals surface area contributed by atoms with Crippen molar-refractivity contribution in [3.8, 4) is 16.2 Å². The minimum Gasteiger partial charge on any atom is -0.494 e. The van der Waals surface area contributed by atoms with E-state index in [9.17, 15) is 4.79 Å². The molecule has 0 fully saturated rings. The summed E-state index contributed by atoms with van der Waals surface area (Å²) < 4.78 is 13.5. The van der Waals surface area contributed by atoms with Crippen molar-refractivity contribution >= 4 is 37.2 Å². The number of nitrogens with one attached hydrogen (secondary N) is 1. The summed E-state index contributed by atoms with van der Waals surface area (Å²) in [5.41, 5.74) is 6.80. The molecule has 1 amide bonds. The largest absolute Gasteiger partial charge is 0.494 e. The zero-order chi connectivity index (χ0) is 25.1. The highest BCUT2D eigenvalue weighted by Crippen LogP contribution is 2.39. The van der Waals surface area contributed by atoms with Gasteiger partial charge in [-0.25, -0.2) is 4.98 Å². The van der Waals surface area contributed by atoms with E-state index in [4.69, 9.17) is 26.5 Å². The third-order valence-corrected chi connectivity index (χ3v) is 12.3. The predicted molar refractivity (Wildman–Crippen MR) is 142 cm³/mol. The van der Waals surface area contributed by atoms with E-state index >= 15 is 0 Å². The number of hydrogen-bond donors (Lipinski definition) is 2. The number of thiophene rings is 1. The summed E-state index contributed by atoms with van der Waals surface area (Å²) in [6.07, 6.45) is 2.03. The van der Waals surface area contributed by atoms with E-state index < -0.39 is 14.2 Å². The van der Waals surface area contributed by atoms with Gasteiger partial charge in [-0.2, -0.15) is 0 Å². The van der Waals surface area contributed by atoms with Crippen molar-refractivity contribution in [1.29, 1.82) is 0 Å². The first kappa shape index (κ1) is 26.5. The van der Waals surface area contributed by atoms with Crippen LogP contribution in [0.5, 0.6) is 5.75 Å². The third kappa shape index (κ3) is 6.50. The van der Waals surface area contributed by atoms with Gasteiger partial charge < -0.3 is 19.9 Å². The molecule has 3 N–H and O–H groups in total. The van der Waals surface area contributed by atoms with E-state index in [0.717, 1.165) is 20.5 Å². The summed E-state index contributed by atoms with van der Waals surface area (Å²) in [5, 5.41) is 0.0784. The first-order valence-electron chi connectivity index (χ1n) is 11.4. The fourth-order valence-corrected chi connectivity index (χ4v) is 5.97. The first-order chi connectivity index (χ1) is 15.9. The zero-order valence-corrected chi connectivity index (χ0v) is 23.2. The Morgan fingerprint density at radius 2 is 2.00 bits per heavy atom. The predicted octanol–water partition coefficient (Wildman–Crippen LogP) is 6.85. The van der Waals surface area contributed by atoms with Crippen LogP contribution >= 0.6 is 22.9 Å². The maximum absolute atomic E-state index is 11.6. The lowest BCUT2D eigenvalue weighted by atomic mass is 9.99. The molecule has 0 spiro atoms. The molecular formula is C25H34ClN3O3SSi. The van der Waals surface area contributed by atoms with Crippen molar-refractivity contribution in [2.24, 2.45) is 5.73 Å². The molecule has 184 valence electrons. The van der Waals surface area contributed by atoms with E-state index in [1.165, 1.54) is 17.5 Å². The SMILES string of the molecule is C[C@H](O[Si](C)(C)C(C)(C)C)[C@H](CCOc1cccc(-c2ccc(Cl)s2)c1)c1ncc(C(N)=O)[nH]1. The fraction of sp³-hybridized carbons (Fsp3) is 0.440. The van der Waals surface area contributed by atoms with Crippen LogP contribution < -0.4 is 10.5 Å². The number of nitrogens with two attached hydrogens (primary N) is 1. The van der Waals surface area contributed by atoms with Crippen molar-refractivity contribution in [2.75, 3.05) is 6.61 Å². The van der Waals surface area contributed by atoms with E-state index in [-0.39, 0.29) is 17.1 Å². The van der Waals surface area contributed by atoms with Crippen LogP contribution in [0.4, 0.5) is 0 Å². The molecule has 2 aromatic heterocycles. The lowest BCUT2D eigenvalue weighted by molar-refractivity contribution is 0.0995.